The van der Waals surface area contributed by atoms with Crippen LogP contribution in [0.25, 0.3) is 11.1 Å². The van der Waals surface area contributed by atoms with Gasteiger partial charge in [0.2, 0.25) is 0 Å². The van der Waals surface area contributed by atoms with Crippen molar-refractivity contribution in [2.24, 2.45) is 5.16 Å². The third-order valence-electron chi connectivity index (χ3n) is 3.85. The molecule has 7 nitrogen and oxygen atoms in total. The van der Waals surface area contributed by atoms with Crippen LogP contribution in [0.15, 0.2) is 47.8 Å². The zero-order chi connectivity index (χ0) is 17.6. The smallest absolute Gasteiger partial charge is 0.404 e. The fraction of sp³-hybridized carbons (Fsp3) is 0.278. The Morgan fingerprint density at radius 1 is 1.32 bits per heavy atom. The molecular formula is C18H19N3O4. The first-order valence-electron chi connectivity index (χ1n) is 7.95. The minimum Gasteiger partial charge on any atom is -0.489 e. The summed E-state index contributed by atoms with van der Waals surface area (Å²) < 4.78 is 5.94. The highest BCUT2D eigenvalue weighted by atomic mass is 16.7. The molecule has 0 saturated heterocycles. The molecule has 1 unspecified atom stereocenters. The van der Waals surface area contributed by atoms with Gasteiger partial charge >= 0.3 is 6.09 Å². The zero-order valence-electron chi connectivity index (χ0n) is 13.8. The highest BCUT2D eigenvalue weighted by Gasteiger charge is 2.22. The third-order valence-corrected chi connectivity index (χ3v) is 3.85. The average molecular weight is 341 g/mol. The number of amides is 1. The van der Waals surface area contributed by atoms with Crippen LogP contribution in [0.2, 0.25) is 0 Å². The first-order chi connectivity index (χ1) is 12.1. The minimum atomic E-state index is -1.08. The van der Waals surface area contributed by atoms with E-state index in [4.69, 9.17) is 14.7 Å². The molecule has 0 bridgehead atoms. The van der Waals surface area contributed by atoms with E-state index in [1.54, 1.807) is 6.20 Å². The number of carboxylic acid groups (broad SMARTS) is 1. The number of rotatable bonds is 6. The third kappa shape index (κ3) is 4.26. The summed E-state index contributed by atoms with van der Waals surface area (Å²) in [5.41, 5.74) is 3.58. The Kier molecular flexibility index (Phi) is 5.13. The van der Waals surface area contributed by atoms with Crippen LogP contribution in [-0.4, -0.2) is 41.2 Å². The van der Waals surface area contributed by atoms with E-state index in [-0.39, 0.29) is 12.6 Å². The van der Waals surface area contributed by atoms with E-state index < -0.39 is 6.09 Å². The van der Waals surface area contributed by atoms with Crippen LogP contribution in [0.4, 0.5) is 4.79 Å². The van der Waals surface area contributed by atoms with Crippen molar-refractivity contribution in [1.82, 2.24) is 10.3 Å². The molecule has 130 valence electrons. The SMILES string of the molecule is Cc1ncccc1-c1ccccc1OCC1CC(CNC(=O)O)=NO1. The molecule has 0 saturated carbocycles. The van der Waals surface area contributed by atoms with Crippen LogP contribution in [0.3, 0.4) is 0 Å². The summed E-state index contributed by atoms with van der Waals surface area (Å²) >= 11 is 0. The second kappa shape index (κ2) is 7.65. The maximum absolute atomic E-state index is 10.5. The van der Waals surface area contributed by atoms with E-state index in [1.807, 2.05) is 43.3 Å². The van der Waals surface area contributed by atoms with Crippen molar-refractivity contribution in [3.05, 3.63) is 48.3 Å². The van der Waals surface area contributed by atoms with Gasteiger partial charge in [-0.25, -0.2) is 4.79 Å². The Hall–Kier alpha value is -3.09. The molecule has 1 amide bonds. The maximum atomic E-state index is 10.5. The molecule has 0 radical (unpaired) electrons. The predicted octanol–water partition coefficient (Wildman–Crippen LogP) is 2.85. The Labute approximate surface area is 145 Å². The number of carbonyl (C=O) groups is 1. The number of ether oxygens (including phenoxy) is 1. The number of benzene rings is 1. The highest BCUT2D eigenvalue weighted by molar-refractivity contribution is 5.89. The summed E-state index contributed by atoms with van der Waals surface area (Å²) in [6.45, 7) is 2.45. The molecule has 2 N–H and O–H groups in total. The van der Waals surface area contributed by atoms with Crippen molar-refractivity contribution < 1.29 is 19.5 Å². The minimum absolute atomic E-state index is 0.164. The number of para-hydroxylation sites is 1. The van der Waals surface area contributed by atoms with Gasteiger partial charge in [-0.3, -0.25) is 4.98 Å². The lowest BCUT2D eigenvalue weighted by Gasteiger charge is -2.15. The molecule has 25 heavy (non-hydrogen) atoms. The van der Waals surface area contributed by atoms with Gasteiger partial charge < -0.3 is 20.0 Å². The Balaban J connectivity index is 1.62. The molecule has 0 aliphatic carbocycles. The molecule has 0 fully saturated rings. The van der Waals surface area contributed by atoms with Crippen molar-refractivity contribution in [3.63, 3.8) is 0 Å². The topological polar surface area (TPSA) is 93.0 Å². The van der Waals surface area contributed by atoms with Gasteiger partial charge in [0.1, 0.15) is 12.4 Å². The molecule has 1 aliphatic heterocycles. The lowest BCUT2D eigenvalue weighted by atomic mass is 10.0. The number of nitrogens with one attached hydrogen (secondary N) is 1. The average Bonchev–Trinajstić information content (AvgIpc) is 3.07. The number of nitrogens with zero attached hydrogens (tertiary/aromatic N) is 2. The molecule has 1 atom stereocenters. The van der Waals surface area contributed by atoms with Crippen LogP contribution >= 0.6 is 0 Å². The molecule has 2 aromatic rings. The van der Waals surface area contributed by atoms with Crippen molar-refractivity contribution in [2.45, 2.75) is 19.4 Å². The molecule has 1 aliphatic rings. The summed E-state index contributed by atoms with van der Waals surface area (Å²) in [6.07, 6.45) is 0.990. The van der Waals surface area contributed by atoms with E-state index in [9.17, 15) is 4.79 Å². The first kappa shape index (κ1) is 16.8. The zero-order valence-corrected chi connectivity index (χ0v) is 13.8. The lowest BCUT2D eigenvalue weighted by Crippen LogP contribution is -2.28. The van der Waals surface area contributed by atoms with Gasteiger partial charge in [0, 0.05) is 29.4 Å². The number of hydrogen-bond acceptors (Lipinski definition) is 5. The standard InChI is InChI=1S/C18H19N3O4/c1-12-15(6-4-8-19-12)16-5-2-3-7-17(16)24-11-14-9-13(21-25-14)10-20-18(22)23/h2-8,14,20H,9-11H2,1H3,(H,22,23). The summed E-state index contributed by atoms with van der Waals surface area (Å²) in [5, 5.41) is 14.8. The van der Waals surface area contributed by atoms with Gasteiger partial charge in [0.05, 0.1) is 12.3 Å². The molecule has 3 rings (SSSR count). The second-order valence-corrected chi connectivity index (χ2v) is 5.69. The van der Waals surface area contributed by atoms with Gasteiger partial charge in [0.25, 0.3) is 0 Å². The number of pyridine rings is 1. The highest BCUT2D eigenvalue weighted by Crippen LogP contribution is 2.31. The summed E-state index contributed by atoms with van der Waals surface area (Å²) in [4.78, 5) is 20.1. The Morgan fingerprint density at radius 3 is 2.92 bits per heavy atom. The molecule has 1 aromatic carbocycles. The van der Waals surface area contributed by atoms with E-state index in [1.165, 1.54) is 0 Å². The predicted molar refractivity (Wildman–Crippen MR) is 92.9 cm³/mol. The number of hydrogen-bond donors (Lipinski definition) is 2. The van der Waals surface area contributed by atoms with Crippen LogP contribution in [-0.2, 0) is 4.84 Å². The second-order valence-electron chi connectivity index (χ2n) is 5.69. The summed E-state index contributed by atoms with van der Waals surface area (Å²) in [6, 6.07) is 11.7. The fourth-order valence-corrected chi connectivity index (χ4v) is 2.62. The van der Waals surface area contributed by atoms with Crippen LogP contribution < -0.4 is 10.1 Å². The van der Waals surface area contributed by atoms with Gasteiger partial charge in [0.15, 0.2) is 6.10 Å². The number of aromatic nitrogens is 1. The molecule has 0 spiro atoms. The van der Waals surface area contributed by atoms with E-state index in [0.29, 0.717) is 18.7 Å². The van der Waals surface area contributed by atoms with Crippen molar-refractivity contribution in [3.8, 4) is 16.9 Å². The van der Waals surface area contributed by atoms with Crippen LogP contribution in [0.5, 0.6) is 5.75 Å². The van der Waals surface area contributed by atoms with Crippen molar-refractivity contribution in [2.75, 3.05) is 13.2 Å². The molecule has 2 heterocycles. The summed E-state index contributed by atoms with van der Waals surface area (Å²) in [5.74, 6) is 0.749. The Morgan fingerprint density at radius 2 is 2.12 bits per heavy atom. The number of aryl methyl sites for hydroxylation is 1. The lowest BCUT2D eigenvalue weighted by molar-refractivity contribution is 0.0472. The number of oxime groups is 1. The van der Waals surface area contributed by atoms with E-state index in [0.717, 1.165) is 22.6 Å². The first-order valence-corrected chi connectivity index (χ1v) is 7.95. The van der Waals surface area contributed by atoms with Gasteiger partial charge in [-0.05, 0) is 19.1 Å². The van der Waals surface area contributed by atoms with Gasteiger partial charge in [-0.15, -0.1) is 0 Å². The molecule has 1 aromatic heterocycles. The normalized spacial score (nSPS) is 16.0. The van der Waals surface area contributed by atoms with Crippen LogP contribution in [0, 0.1) is 6.92 Å². The van der Waals surface area contributed by atoms with Crippen molar-refractivity contribution >= 4 is 11.8 Å². The van der Waals surface area contributed by atoms with Gasteiger partial charge in [-0.2, -0.15) is 0 Å². The van der Waals surface area contributed by atoms with E-state index >= 15 is 0 Å². The quantitative estimate of drug-likeness (QED) is 0.843. The fourth-order valence-electron chi connectivity index (χ4n) is 2.62. The summed E-state index contributed by atoms with van der Waals surface area (Å²) in [7, 11) is 0. The molecular weight excluding hydrogens is 322 g/mol. The maximum Gasteiger partial charge on any atom is 0.404 e. The van der Waals surface area contributed by atoms with Crippen LogP contribution in [0.1, 0.15) is 12.1 Å². The Bertz CT molecular complexity index is 791. The largest absolute Gasteiger partial charge is 0.489 e. The van der Waals surface area contributed by atoms with Gasteiger partial charge in [-0.1, -0.05) is 29.4 Å². The monoisotopic (exact) mass is 341 g/mol. The molecule has 7 heteroatoms. The van der Waals surface area contributed by atoms with E-state index in [2.05, 4.69) is 15.5 Å². The van der Waals surface area contributed by atoms with Crippen molar-refractivity contribution in [1.29, 1.82) is 0 Å².